The Labute approximate surface area is 111 Å². The minimum absolute atomic E-state index is 0.456. The fraction of sp³-hybridized carbons (Fsp3) is 0.308. The van der Waals surface area contributed by atoms with E-state index in [0.717, 1.165) is 35.9 Å². The van der Waals surface area contributed by atoms with Crippen LogP contribution in [0.25, 0.3) is 5.69 Å². The predicted molar refractivity (Wildman–Crippen MR) is 73.5 cm³/mol. The van der Waals surface area contributed by atoms with Gasteiger partial charge in [0.25, 0.3) is 0 Å². The summed E-state index contributed by atoms with van der Waals surface area (Å²) in [7, 11) is 0. The second-order valence-electron chi connectivity index (χ2n) is 4.45. The summed E-state index contributed by atoms with van der Waals surface area (Å²) < 4.78 is 1.85. The zero-order valence-corrected chi connectivity index (χ0v) is 10.7. The number of benzene rings is 1. The van der Waals surface area contributed by atoms with E-state index in [1.54, 1.807) is 6.20 Å². The van der Waals surface area contributed by atoms with Gasteiger partial charge in [-0.3, -0.25) is 0 Å². The van der Waals surface area contributed by atoms with Crippen LogP contribution in [0.15, 0.2) is 36.7 Å². The molecule has 1 fully saturated rings. The highest BCUT2D eigenvalue weighted by atomic mass is 35.5. The molecule has 1 aliphatic heterocycles. The summed E-state index contributed by atoms with van der Waals surface area (Å²) in [4.78, 5) is 0. The minimum atomic E-state index is 0.456. The van der Waals surface area contributed by atoms with E-state index in [1.165, 1.54) is 0 Å². The molecule has 3 rings (SSSR count). The molecular weight excluding hydrogens is 248 g/mol. The highest BCUT2D eigenvalue weighted by molar-refractivity contribution is 6.31. The minimum Gasteiger partial charge on any atom is -0.379 e. The molecule has 1 unspecified atom stereocenters. The van der Waals surface area contributed by atoms with Gasteiger partial charge in [-0.25, -0.2) is 4.68 Å². The molecule has 2 aromatic rings. The van der Waals surface area contributed by atoms with E-state index in [-0.39, 0.29) is 0 Å². The zero-order chi connectivity index (χ0) is 12.4. The predicted octanol–water partition coefficient (Wildman–Crippen LogP) is 2.30. The third kappa shape index (κ3) is 2.35. The molecule has 0 aliphatic carbocycles. The number of anilines is 1. The molecular formula is C13H15ClN4. The second kappa shape index (κ2) is 5.00. The van der Waals surface area contributed by atoms with Crippen LogP contribution in [0, 0.1) is 0 Å². The molecule has 2 N–H and O–H groups in total. The number of rotatable bonds is 3. The van der Waals surface area contributed by atoms with E-state index in [2.05, 4.69) is 15.7 Å². The molecule has 0 radical (unpaired) electrons. The number of nitrogens with one attached hydrogen (secondary N) is 2. The SMILES string of the molecule is Clc1ccc(-n2cccn2)c(NC2CCNC2)c1. The van der Waals surface area contributed by atoms with Crippen LogP contribution in [-0.4, -0.2) is 28.9 Å². The molecule has 1 aliphatic rings. The first-order valence-corrected chi connectivity index (χ1v) is 6.47. The number of halogens is 1. The van der Waals surface area contributed by atoms with Crippen molar-refractivity contribution in [3.05, 3.63) is 41.7 Å². The van der Waals surface area contributed by atoms with Gasteiger partial charge >= 0.3 is 0 Å². The van der Waals surface area contributed by atoms with Crippen molar-refractivity contribution in [2.24, 2.45) is 0 Å². The van der Waals surface area contributed by atoms with Gasteiger partial charge < -0.3 is 10.6 Å². The Hall–Kier alpha value is -1.52. The van der Waals surface area contributed by atoms with E-state index in [9.17, 15) is 0 Å². The molecule has 0 saturated carbocycles. The molecule has 2 heterocycles. The van der Waals surface area contributed by atoms with Crippen molar-refractivity contribution in [1.29, 1.82) is 0 Å². The van der Waals surface area contributed by atoms with Crippen molar-refractivity contribution in [1.82, 2.24) is 15.1 Å². The van der Waals surface area contributed by atoms with Crippen LogP contribution in [0.5, 0.6) is 0 Å². The molecule has 0 bridgehead atoms. The van der Waals surface area contributed by atoms with E-state index in [4.69, 9.17) is 11.6 Å². The van der Waals surface area contributed by atoms with Crippen LogP contribution in [0.4, 0.5) is 5.69 Å². The number of nitrogens with zero attached hydrogens (tertiary/aromatic N) is 2. The molecule has 1 atom stereocenters. The van der Waals surface area contributed by atoms with Crippen LogP contribution in [0.1, 0.15) is 6.42 Å². The van der Waals surface area contributed by atoms with Crippen LogP contribution >= 0.6 is 11.6 Å². The maximum atomic E-state index is 6.08. The summed E-state index contributed by atoms with van der Waals surface area (Å²) in [5.74, 6) is 0. The third-order valence-electron chi connectivity index (χ3n) is 3.13. The lowest BCUT2D eigenvalue weighted by Gasteiger charge is -2.17. The van der Waals surface area contributed by atoms with Gasteiger partial charge in [-0.2, -0.15) is 5.10 Å². The molecule has 0 spiro atoms. The van der Waals surface area contributed by atoms with Gasteiger partial charge in [-0.05, 0) is 37.2 Å². The zero-order valence-electron chi connectivity index (χ0n) is 9.94. The average molecular weight is 263 g/mol. The van der Waals surface area contributed by atoms with Crippen molar-refractivity contribution in [2.75, 3.05) is 18.4 Å². The maximum absolute atomic E-state index is 6.08. The van der Waals surface area contributed by atoms with Crippen molar-refractivity contribution < 1.29 is 0 Å². The number of hydrogen-bond donors (Lipinski definition) is 2. The summed E-state index contributed by atoms with van der Waals surface area (Å²) >= 11 is 6.08. The smallest absolute Gasteiger partial charge is 0.0877 e. The second-order valence-corrected chi connectivity index (χ2v) is 4.88. The summed E-state index contributed by atoms with van der Waals surface area (Å²) in [6.07, 6.45) is 4.84. The Balaban J connectivity index is 1.93. The van der Waals surface area contributed by atoms with Crippen molar-refractivity contribution in [3.63, 3.8) is 0 Å². The molecule has 94 valence electrons. The lowest BCUT2D eigenvalue weighted by atomic mass is 10.2. The van der Waals surface area contributed by atoms with Gasteiger partial charge in [0.15, 0.2) is 0 Å². The lowest BCUT2D eigenvalue weighted by molar-refractivity contribution is 0.787. The Morgan fingerprint density at radius 1 is 1.44 bits per heavy atom. The normalized spacial score (nSPS) is 19.1. The average Bonchev–Trinajstić information content (AvgIpc) is 3.01. The van der Waals surface area contributed by atoms with E-state index in [0.29, 0.717) is 6.04 Å². The van der Waals surface area contributed by atoms with E-state index >= 15 is 0 Å². The monoisotopic (exact) mass is 262 g/mol. The van der Waals surface area contributed by atoms with Gasteiger partial charge in [0.05, 0.1) is 11.4 Å². The first kappa shape index (κ1) is 11.6. The lowest BCUT2D eigenvalue weighted by Crippen LogP contribution is -2.23. The molecule has 1 aromatic carbocycles. The van der Waals surface area contributed by atoms with E-state index in [1.807, 2.05) is 35.1 Å². The third-order valence-corrected chi connectivity index (χ3v) is 3.36. The quantitative estimate of drug-likeness (QED) is 0.892. The molecule has 1 aromatic heterocycles. The molecule has 4 nitrogen and oxygen atoms in total. The highest BCUT2D eigenvalue weighted by Gasteiger charge is 2.16. The van der Waals surface area contributed by atoms with Gasteiger partial charge in [0, 0.05) is 30.0 Å². The van der Waals surface area contributed by atoms with Crippen LogP contribution < -0.4 is 10.6 Å². The largest absolute Gasteiger partial charge is 0.379 e. The van der Waals surface area contributed by atoms with Crippen molar-refractivity contribution >= 4 is 17.3 Å². The fourth-order valence-corrected chi connectivity index (χ4v) is 2.40. The van der Waals surface area contributed by atoms with Gasteiger partial charge in [0.1, 0.15) is 0 Å². The summed E-state index contributed by atoms with van der Waals surface area (Å²) in [6, 6.07) is 8.20. The molecule has 0 amide bonds. The van der Waals surface area contributed by atoms with Gasteiger partial charge in [-0.15, -0.1) is 0 Å². The van der Waals surface area contributed by atoms with Gasteiger partial charge in [-0.1, -0.05) is 11.6 Å². The Kier molecular flexibility index (Phi) is 3.21. The molecule has 1 saturated heterocycles. The molecule has 5 heteroatoms. The number of aromatic nitrogens is 2. The van der Waals surface area contributed by atoms with Crippen molar-refractivity contribution in [3.8, 4) is 5.69 Å². The van der Waals surface area contributed by atoms with Crippen molar-refractivity contribution in [2.45, 2.75) is 12.5 Å². The molecule has 18 heavy (non-hydrogen) atoms. The topological polar surface area (TPSA) is 41.9 Å². The first-order valence-electron chi connectivity index (χ1n) is 6.10. The maximum Gasteiger partial charge on any atom is 0.0877 e. The fourth-order valence-electron chi connectivity index (χ4n) is 2.23. The number of hydrogen-bond acceptors (Lipinski definition) is 3. The summed E-state index contributed by atoms with van der Waals surface area (Å²) in [5, 5.41) is 11.9. The van der Waals surface area contributed by atoms with Gasteiger partial charge in [0.2, 0.25) is 0 Å². The van der Waals surface area contributed by atoms with Crippen LogP contribution in [0.3, 0.4) is 0 Å². The highest BCUT2D eigenvalue weighted by Crippen LogP contribution is 2.25. The summed E-state index contributed by atoms with van der Waals surface area (Å²) in [6.45, 7) is 2.06. The Morgan fingerprint density at radius 2 is 2.39 bits per heavy atom. The Bertz CT molecular complexity index is 518. The van der Waals surface area contributed by atoms with E-state index < -0.39 is 0 Å². The van der Waals surface area contributed by atoms with Crippen LogP contribution in [-0.2, 0) is 0 Å². The standard InChI is InChI=1S/C13H15ClN4/c14-10-2-3-13(18-7-1-5-16-18)12(8-10)17-11-4-6-15-9-11/h1-3,5,7-8,11,15,17H,4,6,9H2. The first-order chi connectivity index (χ1) is 8.83. The van der Waals surface area contributed by atoms with Crippen LogP contribution in [0.2, 0.25) is 5.02 Å². The summed E-state index contributed by atoms with van der Waals surface area (Å²) in [5.41, 5.74) is 2.05. The Morgan fingerprint density at radius 3 is 3.11 bits per heavy atom.